The van der Waals surface area contributed by atoms with Crippen molar-refractivity contribution in [2.75, 3.05) is 11.1 Å². The van der Waals surface area contributed by atoms with Crippen molar-refractivity contribution in [1.82, 2.24) is 9.97 Å². The molecule has 0 aliphatic heterocycles. The molecule has 18 heavy (non-hydrogen) atoms. The molecule has 0 radical (unpaired) electrons. The molecule has 0 spiro atoms. The molecule has 0 unspecified atom stereocenters. The van der Waals surface area contributed by atoms with Crippen LogP contribution in [0.4, 0.5) is 10.8 Å². The van der Waals surface area contributed by atoms with Crippen LogP contribution in [0.15, 0.2) is 18.3 Å². The third kappa shape index (κ3) is 2.06. The Kier molecular flexibility index (Phi) is 2.71. The van der Waals surface area contributed by atoms with Gasteiger partial charge < -0.3 is 5.73 Å². The molecule has 0 saturated heterocycles. The van der Waals surface area contributed by atoms with Gasteiger partial charge in [0.1, 0.15) is 5.69 Å². The molecular formula is C12H12N4OS. The van der Waals surface area contributed by atoms with Crippen LogP contribution in [0.2, 0.25) is 0 Å². The van der Waals surface area contributed by atoms with Gasteiger partial charge in [-0.15, -0.1) is 11.3 Å². The normalized spacial score (nSPS) is 13.3. The lowest BCUT2D eigenvalue weighted by atomic mass is 10.3. The highest BCUT2D eigenvalue weighted by atomic mass is 32.1. The summed E-state index contributed by atoms with van der Waals surface area (Å²) in [6.07, 6.45) is 4.77. The average Bonchev–Trinajstić information content (AvgIpc) is 2.89. The summed E-state index contributed by atoms with van der Waals surface area (Å²) >= 11 is 1.55. The number of carbonyl (C=O) groups is 1. The molecule has 1 aliphatic rings. The fraction of sp³-hybridized carbons (Fsp3) is 0.250. The number of rotatable bonds is 2. The zero-order valence-corrected chi connectivity index (χ0v) is 10.5. The van der Waals surface area contributed by atoms with Gasteiger partial charge in [0.15, 0.2) is 5.13 Å². The monoisotopic (exact) mass is 260 g/mol. The molecule has 2 heterocycles. The second kappa shape index (κ2) is 4.38. The predicted octanol–water partition coefficient (Wildman–Crippen LogP) is 1.86. The van der Waals surface area contributed by atoms with Crippen LogP contribution in [0.5, 0.6) is 0 Å². The van der Waals surface area contributed by atoms with Crippen molar-refractivity contribution in [3.63, 3.8) is 0 Å². The fourth-order valence-corrected chi connectivity index (χ4v) is 3.02. The summed E-state index contributed by atoms with van der Waals surface area (Å²) in [4.78, 5) is 21.6. The van der Waals surface area contributed by atoms with Crippen molar-refractivity contribution in [3.05, 3.63) is 34.6 Å². The largest absolute Gasteiger partial charge is 0.399 e. The Labute approximate surface area is 108 Å². The molecule has 0 fully saturated rings. The van der Waals surface area contributed by atoms with E-state index in [-0.39, 0.29) is 5.91 Å². The molecule has 0 aromatic carbocycles. The molecule has 2 aromatic heterocycles. The van der Waals surface area contributed by atoms with Crippen LogP contribution in [0.3, 0.4) is 0 Å². The zero-order valence-electron chi connectivity index (χ0n) is 9.64. The average molecular weight is 260 g/mol. The number of aromatic nitrogens is 2. The number of thiazole rings is 1. The number of hydrogen-bond acceptors (Lipinski definition) is 5. The van der Waals surface area contributed by atoms with Crippen LogP contribution in [-0.4, -0.2) is 15.9 Å². The number of nitrogens with one attached hydrogen (secondary N) is 1. The third-order valence-electron chi connectivity index (χ3n) is 2.83. The van der Waals surface area contributed by atoms with Gasteiger partial charge in [-0.1, -0.05) is 0 Å². The summed E-state index contributed by atoms with van der Waals surface area (Å²) < 4.78 is 0. The van der Waals surface area contributed by atoms with Crippen molar-refractivity contribution in [2.24, 2.45) is 0 Å². The van der Waals surface area contributed by atoms with Gasteiger partial charge in [-0.25, -0.2) is 4.98 Å². The third-order valence-corrected chi connectivity index (χ3v) is 3.91. The Hall–Kier alpha value is -1.95. The molecule has 3 rings (SSSR count). The molecule has 0 bridgehead atoms. The second-order valence-corrected chi connectivity index (χ2v) is 5.25. The number of anilines is 2. The molecule has 5 nitrogen and oxygen atoms in total. The molecule has 3 N–H and O–H groups in total. The molecule has 0 saturated carbocycles. The van der Waals surface area contributed by atoms with Crippen LogP contribution in [0.1, 0.15) is 27.5 Å². The Bertz CT molecular complexity index is 586. The summed E-state index contributed by atoms with van der Waals surface area (Å²) in [5.74, 6) is -0.269. The first-order chi connectivity index (χ1) is 8.72. The van der Waals surface area contributed by atoms with Crippen molar-refractivity contribution in [1.29, 1.82) is 0 Å². The number of amides is 1. The molecule has 2 aromatic rings. The molecule has 1 amide bonds. The maximum Gasteiger partial charge on any atom is 0.276 e. The van der Waals surface area contributed by atoms with Gasteiger partial charge in [0.2, 0.25) is 0 Å². The minimum absolute atomic E-state index is 0.269. The molecule has 0 atom stereocenters. The van der Waals surface area contributed by atoms with Crippen molar-refractivity contribution in [3.8, 4) is 0 Å². The standard InChI is InChI=1S/C12H12N4OS/c13-7-4-5-14-9(6-7)11(17)16-12-15-8-2-1-3-10(8)18-12/h4-6H,1-3H2,(H2,13,14)(H,15,16,17). The topological polar surface area (TPSA) is 80.9 Å². The summed E-state index contributed by atoms with van der Waals surface area (Å²) in [7, 11) is 0. The number of hydrogen-bond donors (Lipinski definition) is 2. The van der Waals surface area contributed by atoms with Crippen LogP contribution < -0.4 is 11.1 Å². The van der Waals surface area contributed by atoms with E-state index in [9.17, 15) is 4.79 Å². The minimum Gasteiger partial charge on any atom is -0.399 e. The Morgan fingerprint density at radius 3 is 3.11 bits per heavy atom. The number of nitrogen functional groups attached to an aromatic ring is 1. The van der Waals surface area contributed by atoms with Crippen molar-refractivity contribution in [2.45, 2.75) is 19.3 Å². The number of carbonyl (C=O) groups excluding carboxylic acids is 1. The summed E-state index contributed by atoms with van der Waals surface area (Å²) in [6.45, 7) is 0. The van der Waals surface area contributed by atoms with E-state index in [1.165, 1.54) is 17.5 Å². The highest BCUT2D eigenvalue weighted by molar-refractivity contribution is 7.15. The van der Waals surface area contributed by atoms with Crippen LogP contribution in [0.25, 0.3) is 0 Å². The first-order valence-electron chi connectivity index (χ1n) is 5.74. The maximum atomic E-state index is 11.9. The van der Waals surface area contributed by atoms with Crippen LogP contribution >= 0.6 is 11.3 Å². The van der Waals surface area contributed by atoms with E-state index in [0.717, 1.165) is 18.5 Å². The Morgan fingerprint density at radius 1 is 1.44 bits per heavy atom. The minimum atomic E-state index is -0.269. The van der Waals surface area contributed by atoms with E-state index in [2.05, 4.69) is 15.3 Å². The highest BCUT2D eigenvalue weighted by Crippen LogP contribution is 2.30. The van der Waals surface area contributed by atoms with E-state index >= 15 is 0 Å². The van der Waals surface area contributed by atoms with Gasteiger partial charge in [-0.3, -0.25) is 15.1 Å². The molecule has 6 heteroatoms. The lowest BCUT2D eigenvalue weighted by molar-refractivity contribution is 0.102. The maximum absolute atomic E-state index is 11.9. The highest BCUT2D eigenvalue weighted by Gasteiger charge is 2.18. The molecule has 1 aliphatic carbocycles. The van der Waals surface area contributed by atoms with Gasteiger partial charge in [0.25, 0.3) is 5.91 Å². The molecular weight excluding hydrogens is 248 g/mol. The summed E-state index contributed by atoms with van der Waals surface area (Å²) in [6, 6.07) is 3.20. The van der Waals surface area contributed by atoms with Crippen molar-refractivity contribution >= 4 is 28.1 Å². The number of nitrogens with zero attached hydrogens (tertiary/aromatic N) is 2. The van der Waals surface area contributed by atoms with Gasteiger partial charge in [0, 0.05) is 16.8 Å². The Balaban J connectivity index is 1.78. The van der Waals surface area contributed by atoms with Gasteiger partial charge in [-0.05, 0) is 31.4 Å². The fourth-order valence-electron chi connectivity index (χ4n) is 1.98. The van der Waals surface area contributed by atoms with Crippen molar-refractivity contribution < 1.29 is 4.79 Å². The smallest absolute Gasteiger partial charge is 0.276 e. The van der Waals surface area contributed by atoms with Crippen LogP contribution in [-0.2, 0) is 12.8 Å². The predicted molar refractivity (Wildman–Crippen MR) is 70.7 cm³/mol. The van der Waals surface area contributed by atoms with E-state index in [0.29, 0.717) is 16.5 Å². The zero-order chi connectivity index (χ0) is 12.5. The van der Waals surface area contributed by atoms with Gasteiger partial charge in [0.05, 0.1) is 5.69 Å². The lowest BCUT2D eigenvalue weighted by Crippen LogP contribution is -2.13. The number of nitrogens with two attached hydrogens (primary N) is 1. The SMILES string of the molecule is Nc1ccnc(C(=O)Nc2nc3c(s2)CCC3)c1. The molecule has 92 valence electrons. The Morgan fingerprint density at radius 2 is 2.33 bits per heavy atom. The van der Waals surface area contributed by atoms with E-state index < -0.39 is 0 Å². The number of pyridine rings is 1. The first-order valence-corrected chi connectivity index (χ1v) is 6.55. The van der Waals surface area contributed by atoms with E-state index in [1.54, 1.807) is 23.5 Å². The van der Waals surface area contributed by atoms with Crippen LogP contribution in [0, 0.1) is 0 Å². The first kappa shape index (κ1) is 11.2. The second-order valence-electron chi connectivity index (χ2n) is 4.17. The quantitative estimate of drug-likeness (QED) is 0.863. The summed E-state index contributed by atoms with van der Waals surface area (Å²) in [5.41, 5.74) is 7.57. The van der Waals surface area contributed by atoms with Gasteiger partial charge in [-0.2, -0.15) is 0 Å². The van der Waals surface area contributed by atoms with E-state index in [1.807, 2.05) is 0 Å². The number of fused-ring (bicyclic) bond motifs is 1. The van der Waals surface area contributed by atoms with Gasteiger partial charge >= 0.3 is 0 Å². The lowest BCUT2D eigenvalue weighted by Gasteiger charge is -2.01. The number of aryl methyl sites for hydroxylation is 2. The summed E-state index contributed by atoms with van der Waals surface area (Å²) in [5, 5.41) is 3.41. The van der Waals surface area contributed by atoms with E-state index in [4.69, 9.17) is 5.73 Å².